The molecule has 7 nitrogen and oxygen atoms in total. The van der Waals surface area contributed by atoms with E-state index in [4.69, 9.17) is 0 Å². The lowest BCUT2D eigenvalue weighted by atomic mass is 10.1. The summed E-state index contributed by atoms with van der Waals surface area (Å²) in [6, 6.07) is 15.4. The Hall–Kier alpha value is -3.52. The van der Waals surface area contributed by atoms with E-state index in [0.717, 1.165) is 32.2 Å². The summed E-state index contributed by atoms with van der Waals surface area (Å²) in [6.45, 7) is 1.93. The van der Waals surface area contributed by atoms with E-state index >= 15 is 0 Å². The first-order valence-electron chi connectivity index (χ1n) is 9.43. The number of carbonyl (C=O) groups is 1. The number of benzene rings is 2. The predicted molar refractivity (Wildman–Crippen MR) is 119 cm³/mol. The zero-order valence-corrected chi connectivity index (χ0v) is 17.6. The van der Waals surface area contributed by atoms with Crippen LogP contribution >= 0.6 is 15.9 Å². The maximum atomic E-state index is 12.7. The summed E-state index contributed by atoms with van der Waals surface area (Å²) in [5, 5.41) is 10.3. The number of nitrogens with one attached hydrogen (secondary N) is 3. The van der Waals surface area contributed by atoms with E-state index < -0.39 is 0 Å². The molecule has 0 aliphatic carbocycles. The van der Waals surface area contributed by atoms with Crippen LogP contribution < -0.4 is 5.32 Å². The quantitative estimate of drug-likeness (QED) is 0.360. The number of pyridine rings is 1. The SMILES string of the molecule is CC(NC(=O)c1nc2cc3[nH][nH]c(-c4ccncc4)c3cc2n1)c1cccc(Br)c1. The van der Waals surface area contributed by atoms with Gasteiger partial charge >= 0.3 is 0 Å². The average molecular weight is 461 g/mol. The van der Waals surface area contributed by atoms with Crippen molar-refractivity contribution < 1.29 is 4.79 Å². The van der Waals surface area contributed by atoms with Gasteiger partial charge in [-0.1, -0.05) is 28.1 Å². The Balaban J connectivity index is 1.46. The van der Waals surface area contributed by atoms with Gasteiger partial charge in [0.15, 0.2) is 0 Å². The van der Waals surface area contributed by atoms with Crippen molar-refractivity contribution in [1.29, 1.82) is 0 Å². The third kappa shape index (κ3) is 3.35. The first kappa shape index (κ1) is 18.5. The highest BCUT2D eigenvalue weighted by Crippen LogP contribution is 2.29. The Morgan fingerprint density at radius 2 is 1.80 bits per heavy atom. The van der Waals surface area contributed by atoms with Gasteiger partial charge in [-0.3, -0.25) is 14.9 Å². The van der Waals surface area contributed by atoms with Gasteiger partial charge in [0.1, 0.15) is 0 Å². The average Bonchev–Trinajstić information content (AvgIpc) is 3.36. The number of nitrogens with zero attached hydrogens (tertiary/aromatic N) is 3. The Labute approximate surface area is 180 Å². The highest BCUT2D eigenvalue weighted by atomic mass is 79.9. The summed E-state index contributed by atoms with van der Waals surface area (Å²) in [5.41, 5.74) is 5.18. The van der Waals surface area contributed by atoms with Crippen LogP contribution in [0, 0.1) is 0 Å². The summed E-state index contributed by atoms with van der Waals surface area (Å²) in [4.78, 5) is 25.7. The zero-order chi connectivity index (χ0) is 20.7. The fraction of sp³-hybridized carbons (Fsp3) is 0.0909. The Morgan fingerprint density at radius 3 is 2.57 bits per heavy atom. The van der Waals surface area contributed by atoms with Crippen LogP contribution in [-0.4, -0.2) is 31.1 Å². The second-order valence-corrected chi connectivity index (χ2v) is 7.96. The van der Waals surface area contributed by atoms with Crippen LogP contribution in [0.25, 0.3) is 33.2 Å². The van der Waals surface area contributed by atoms with E-state index in [0.29, 0.717) is 11.0 Å². The molecule has 0 spiro atoms. The van der Waals surface area contributed by atoms with Crippen molar-refractivity contribution in [2.24, 2.45) is 0 Å². The summed E-state index contributed by atoms with van der Waals surface area (Å²) >= 11 is 3.46. The van der Waals surface area contributed by atoms with Gasteiger partial charge < -0.3 is 10.4 Å². The van der Waals surface area contributed by atoms with Gasteiger partial charge in [-0.2, -0.15) is 0 Å². The molecule has 3 heterocycles. The van der Waals surface area contributed by atoms with Gasteiger partial charge in [-0.05, 0) is 48.9 Å². The van der Waals surface area contributed by atoms with E-state index in [1.54, 1.807) is 12.4 Å². The van der Waals surface area contributed by atoms with Crippen LogP contribution in [0.1, 0.15) is 29.1 Å². The molecule has 0 bridgehead atoms. The number of hydrogen-bond acceptors (Lipinski definition) is 4. The van der Waals surface area contributed by atoms with Crippen LogP contribution in [-0.2, 0) is 0 Å². The number of amides is 1. The lowest BCUT2D eigenvalue weighted by Gasteiger charge is -2.13. The molecule has 8 heteroatoms. The number of hydrogen-bond donors (Lipinski definition) is 3. The molecule has 0 saturated heterocycles. The number of aromatic amines is 2. The molecule has 0 fully saturated rings. The third-order valence-electron chi connectivity index (χ3n) is 5.03. The predicted octanol–water partition coefficient (Wildman–Crippen LogP) is 4.75. The highest BCUT2D eigenvalue weighted by molar-refractivity contribution is 9.10. The van der Waals surface area contributed by atoms with E-state index in [2.05, 4.69) is 46.4 Å². The first-order valence-corrected chi connectivity index (χ1v) is 10.2. The molecule has 0 radical (unpaired) electrons. The minimum Gasteiger partial charge on any atom is -0.343 e. The van der Waals surface area contributed by atoms with Crippen LogP contribution in [0.3, 0.4) is 0 Å². The second kappa shape index (κ2) is 7.38. The lowest BCUT2D eigenvalue weighted by molar-refractivity contribution is 0.0930. The van der Waals surface area contributed by atoms with Crippen molar-refractivity contribution in [1.82, 2.24) is 30.5 Å². The van der Waals surface area contributed by atoms with Crippen LogP contribution in [0.15, 0.2) is 65.4 Å². The molecule has 148 valence electrons. The molecular weight excluding hydrogens is 444 g/mol. The smallest absolute Gasteiger partial charge is 0.289 e. The molecule has 1 unspecified atom stereocenters. The number of rotatable bonds is 4. The molecule has 1 amide bonds. The van der Waals surface area contributed by atoms with Gasteiger partial charge in [0, 0.05) is 27.8 Å². The molecule has 2 aromatic carbocycles. The molecule has 30 heavy (non-hydrogen) atoms. The van der Waals surface area contributed by atoms with Gasteiger partial charge in [-0.15, -0.1) is 0 Å². The van der Waals surface area contributed by atoms with E-state index in [1.807, 2.05) is 55.5 Å². The van der Waals surface area contributed by atoms with Crippen LogP contribution in [0.2, 0.25) is 0 Å². The number of imidazole rings is 1. The molecule has 5 aromatic rings. The maximum Gasteiger partial charge on any atom is 0.289 e. The van der Waals surface area contributed by atoms with Crippen molar-refractivity contribution in [2.75, 3.05) is 0 Å². The third-order valence-corrected chi connectivity index (χ3v) is 5.52. The normalized spacial score (nSPS) is 12.3. The number of fused-ring (bicyclic) bond motifs is 2. The highest BCUT2D eigenvalue weighted by Gasteiger charge is 2.18. The standard InChI is InChI=1S/C22H17BrN6O/c1-12(14-3-2-4-15(23)9-14)25-22(30)21-26-18-10-16-17(11-19(18)27-21)28-29-20(16)13-5-7-24-8-6-13/h2-12,28-29H,1H3,(H,25,30). The lowest BCUT2D eigenvalue weighted by Crippen LogP contribution is -2.27. The van der Waals surface area contributed by atoms with Crippen molar-refractivity contribution in [2.45, 2.75) is 13.0 Å². The number of H-pyrrole nitrogens is 2. The minimum atomic E-state index is -0.303. The largest absolute Gasteiger partial charge is 0.343 e. The topological polar surface area (TPSA) is 99.3 Å². The molecule has 0 saturated carbocycles. The Bertz CT molecular complexity index is 1370. The minimum absolute atomic E-state index is 0.161. The fourth-order valence-electron chi connectivity index (χ4n) is 3.48. The molecule has 1 atom stereocenters. The van der Waals surface area contributed by atoms with Crippen LogP contribution in [0.4, 0.5) is 0 Å². The van der Waals surface area contributed by atoms with Crippen LogP contribution in [0.5, 0.6) is 0 Å². The molecule has 5 rings (SSSR count). The van der Waals surface area contributed by atoms with Gasteiger partial charge in [0.2, 0.25) is 5.82 Å². The summed E-state index contributed by atoms with van der Waals surface area (Å²) in [5.74, 6) is -0.141. The van der Waals surface area contributed by atoms with Gasteiger partial charge in [0.25, 0.3) is 5.91 Å². The number of carbonyl (C=O) groups excluding carboxylic acids is 1. The summed E-state index contributed by atoms with van der Waals surface area (Å²) in [7, 11) is 0. The Kier molecular flexibility index (Phi) is 4.55. The van der Waals surface area contributed by atoms with Crippen molar-refractivity contribution >= 4 is 43.8 Å². The van der Waals surface area contributed by atoms with E-state index in [1.165, 1.54) is 0 Å². The second-order valence-electron chi connectivity index (χ2n) is 7.04. The first-order chi connectivity index (χ1) is 14.6. The molecular formula is C22H17BrN6O. The summed E-state index contributed by atoms with van der Waals surface area (Å²) in [6.07, 6.45) is 3.50. The Morgan fingerprint density at radius 1 is 1.03 bits per heavy atom. The van der Waals surface area contributed by atoms with Gasteiger partial charge in [0.05, 0.1) is 28.3 Å². The van der Waals surface area contributed by atoms with E-state index in [-0.39, 0.29) is 17.8 Å². The molecule has 3 N–H and O–H groups in total. The fourth-order valence-corrected chi connectivity index (χ4v) is 3.90. The molecule has 0 aliphatic heterocycles. The summed E-state index contributed by atoms with van der Waals surface area (Å²) < 4.78 is 0.966. The number of aromatic nitrogens is 5. The van der Waals surface area contributed by atoms with Crippen molar-refractivity contribution in [3.8, 4) is 11.3 Å². The van der Waals surface area contributed by atoms with Crippen molar-refractivity contribution in [3.63, 3.8) is 0 Å². The zero-order valence-electron chi connectivity index (χ0n) is 16.0. The van der Waals surface area contributed by atoms with E-state index in [9.17, 15) is 4.79 Å². The van der Waals surface area contributed by atoms with Crippen molar-refractivity contribution in [3.05, 3.63) is 76.8 Å². The van der Waals surface area contributed by atoms with Gasteiger partial charge in [-0.25, -0.2) is 9.97 Å². The maximum absolute atomic E-state index is 12.7. The monoisotopic (exact) mass is 460 g/mol. The molecule has 3 aromatic heterocycles. The number of halogens is 1. The molecule has 0 aliphatic rings.